The zero-order valence-electron chi connectivity index (χ0n) is 12.0. The number of para-hydroxylation sites is 2. The van der Waals surface area contributed by atoms with Gasteiger partial charge in [0.25, 0.3) is 0 Å². The predicted octanol–water partition coefficient (Wildman–Crippen LogP) is 3.38. The molecule has 2 aromatic carbocycles. The van der Waals surface area contributed by atoms with Crippen molar-refractivity contribution in [2.24, 2.45) is 0 Å². The van der Waals surface area contributed by atoms with Gasteiger partial charge in [0.05, 0.1) is 0 Å². The van der Waals surface area contributed by atoms with E-state index < -0.39 is 0 Å². The van der Waals surface area contributed by atoms with Crippen LogP contribution in [0.25, 0.3) is 10.9 Å². The molecule has 0 spiro atoms. The third-order valence-corrected chi connectivity index (χ3v) is 3.54. The van der Waals surface area contributed by atoms with Gasteiger partial charge in [-0.2, -0.15) is 0 Å². The maximum atomic E-state index is 5.64. The first-order valence-electron chi connectivity index (χ1n) is 7.37. The molecule has 0 saturated heterocycles. The molecule has 0 aliphatic heterocycles. The van der Waals surface area contributed by atoms with E-state index in [-0.39, 0.29) is 0 Å². The number of hydrogen-bond donors (Lipinski definition) is 2. The molecule has 0 fully saturated rings. The monoisotopic (exact) mass is 280 g/mol. The van der Waals surface area contributed by atoms with Crippen LogP contribution in [-0.4, -0.2) is 24.7 Å². The largest absolute Gasteiger partial charge is 0.492 e. The summed E-state index contributed by atoms with van der Waals surface area (Å²) in [6.45, 7) is 2.51. The molecule has 0 atom stereocenters. The van der Waals surface area contributed by atoms with Crippen LogP contribution in [0.1, 0.15) is 5.56 Å². The van der Waals surface area contributed by atoms with Gasteiger partial charge < -0.3 is 15.0 Å². The maximum absolute atomic E-state index is 5.64. The lowest BCUT2D eigenvalue weighted by Crippen LogP contribution is -2.23. The Hall–Kier alpha value is -2.26. The Morgan fingerprint density at radius 2 is 1.71 bits per heavy atom. The number of H-pyrrole nitrogens is 1. The number of fused-ring (bicyclic) bond motifs is 1. The summed E-state index contributed by atoms with van der Waals surface area (Å²) >= 11 is 0. The molecule has 3 rings (SSSR count). The Morgan fingerprint density at radius 3 is 2.62 bits per heavy atom. The van der Waals surface area contributed by atoms with Gasteiger partial charge in [-0.1, -0.05) is 36.4 Å². The Kier molecular flexibility index (Phi) is 4.54. The van der Waals surface area contributed by atoms with E-state index in [9.17, 15) is 0 Å². The molecule has 0 radical (unpaired) electrons. The van der Waals surface area contributed by atoms with Crippen molar-refractivity contribution >= 4 is 10.9 Å². The summed E-state index contributed by atoms with van der Waals surface area (Å²) in [4.78, 5) is 3.31. The van der Waals surface area contributed by atoms with Crippen molar-refractivity contribution in [2.45, 2.75) is 6.42 Å². The van der Waals surface area contributed by atoms with E-state index in [4.69, 9.17) is 4.74 Å². The van der Waals surface area contributed by atoms with Gasteiger partial charge in [-0.15, -0.1) is 0 Å². The molecule has 0 saturated carbocycles. The Balaban J connectivity index is 1.39. The van der Waals surface area contributed by atoms with Crippen molar-refractivity contribution in [2.75, 3.05) is 19.7 Å². The Morgan fingerprint density at radius 1 is 0.905 bits per heavy atom. The average Bonchev–Trinajstić information content (AvgIpc) is 2.95. The third-order valence-electron chi connectivity index (χ3n) is 3.54. The van der Waals surface area contributed by atoms with Crippen LogP contribution in [0, 0.1) is 0 Å². The Bertz CT molecular complexity index is 676. The lowest BCUT2D eigenvalue weighted by molar-refractivity contribution is 0.314. The van der Waals surface area contributed by atoms with E-state index in [1.54, 1.807) is 0 Å². The summed E-state index contributed by atoms with van der Waals surface area (Å²) in [5, 5.41) is 4.74. The lowest BCUT2D eigenvalue weighted by atomic mass is 10.1. The van der Waals surface area contributed by atoms with Crippen LogP contribution in [0.2, 0.25) is 0 Å². The number of benzene rings is 2. The molecule has 21 heavy (non-hydrogen) atoms. The summed E-state index contributed by atoms with van der Waals surface area (Å²) in [6.07, 6.45) is 3.13. The van der Waals surface area contributed by atoms with Crippen molar-refractivity contribution in [1.29, 1.82) is 0 Å². The topological polar surface area (TPSA) is 37.0 Å². The summed E-state index contributed by atoms with van der Waals surface area (Å²) in [5.74, 6) is 0.927. The predicted molar refractivity (Wildman–Crippen MR) is 86.8 cm³/mol. The number of aromatic nitrogens is 1. The van der Waals surface area contributed by atoms with Crippen LogP contribution in [0.3, 0.4) is 0 Å². The Labute approximate surface area is 125 Å². The summed E-state index contributed by atoms with van der Waals surface area (Å²) in [7, 11) is 0. The van der Waals surface area contributed by atoms with Gasteiger partial charge in [-0.3, -0.25) is 0 Å². The molecule has 3 nitrogen and oxygen atoms in total. The highest BCUT2D eigenvalue weighted by Crippen LogP contribution is 2.17. The second kappa shape index (κ2) is 6.95. The van der Waals surface area contributed by atoms with Gasteiger partial charge in [0.15, 0.2) is 0 Å². The first-order valence-corrected chi connectivity index (χ1v) is 7.37. The standard InChI is InChI=1S/C18H20N2O/c1-2-6-16(7-3-1)21-13-12-19-11-10-15-14-20-18-9-5-4-8-17(15)18/h1-9,14,19-20H,10-13H2. The van der Waals surface area contributed by atoms with E-state index in [0.717, 1.165) is 25.3 Å². The third kappa shape index (κ3) is 3.64. The molecule has 1 aromatic heterocycles. The highest BCUT2D eigenvalue weighted by molar-refractivity contribution is 5.83. The molecule has 108 valence electrons. The molecule has 1 heterocycles. The SMILES string of the molecule is c1ccc(OCCNCCc2c[nH]c3ccccc23)cc1. The van der Waals surface area contributed by atoms with Crippen LogP contribution < -0.4 is 10.1 Å². The maximum Gasteiger partial charge on any atom is 0.119 e. The van der Waals surface area contributed by atoms with Crippen molar-refractivity contribution in [1.82, 2.24) is 10.3 Å². The van der Waals surface area contributed by atoms with Crippen molar-refractivity contribution < 1.29 is 4.74 Å². The van der Waals surface area contributed by atoms with E-state index >= 15 is 0 Å². The normalized spacial score (nSPS) is 10.9. The summed E-state index contributed by atoms with van der Waals surface area (Å²) < 4.78 is 5.64. The van der Waals surface area contributed by atoms with E-state index in [2.05, 4.69) is 40.8 Å². The minimum absolute atomic E-state index is 0.692. The number of rotatable bonds is 7. The second-order valence-corrected chi connectivity index (χ2v) is 5.02. The molecule has 0 unspecified atom stereocenters. The zero-order chi connectivity index (χ0) is 14.3. The van der Waals surface area contributed by atoms with Gasteiger partial charge in [0.2, 0.25) is 0 Å². The first-order chi connectivity index (χ1) is 10.4. The van der Waals surface area contributed by atoms with Crippen molar-refractivity contribution in [3.63, 3.8) is 0 Å². The van der Waals surface area contributed by atoms with Crippen LogP contribution in [0.5, 0.6) is 5.75 Å². The number of hydrogen-bond acceptors (Lipinski definition) is 2. The molecule has 2 N–H and O–H groups in total. The van der Waals surface area contributed by atoms with Gasteiger partial charge in [-0.05, 0) is 36.7 Å². The fourth-order valence-corrected chi connectivity index (χ4v) is 2.44. The van der Waals surface area contributed by atoms with Crippen molar-refractivity contribution in [3.8, 4) is 5.75 Å². The van der Waals surface area contributed by atoms with Crippen LogP contribution >= 0.6 is 0 Å². The fourth-order valence-electron chi connectivity index (χ4n) is 2.44. The van der Waals surface area contributed by atoms with E-state index in [1.807, 2.05) is 30.3 Å². The van der Waals surface area contributed by atoms with Crippen LogP contribution in [0.4, 0.5) is 0 Å². The minimum atomic E-state index is 0.692. The number of nitrogens with one attached hydrogen (secondary N) is 2. The van der Waals surface area contributed by atoms with Gasteiger partial charge in [-0.25, -0.2) is 0 Å². The molecule has 0 aliphatic carbocycles. The molecule has 0 bridgehead atoms. The van der Waals surface area contributed by atoms with Crippen LogP contribution in [-0.2, 0) is 6.42 Å². The molecule has 3 aromatic rings. The minimum Gasteiger partial charge on any atom is -0.492 e. The summed E-state index contributed by atoms with van der Waals surface area (Å²) in [6, 6.07) is 18.3. The van der Waals surface area contributed by atoms with Crippen LogP contribution in [0.15, 0.2) is 60.8 Å². The lowest BCUT2D eigenvalue weighted by Gasteiger charge is -2.07. The highest BCUT2D eigenvalue weighted by Gasteiger charge is 2.01. The van der Waals surface area contributed by atoms with E-state index in [0.29, 0.717) is 6.61 Å². The number of ether oxygens (including phenoxy) is 1. The highest BCUT2D eigenvalue weighted by atomic mass is 16.5. The molecule has 3 heteroatoms. The van der Waals surface area contributed by atoms with Gasteiger partial charge >= 0.3 is 0 Å². The molecule has 0 amide bonds. The molecular weight excluding hydrogens is 260 g/mol. The molecule has 0 aliphatic rings. The molecular formula is C18H20N2O. The summed E-state index contributed by atoms with van der Waals surface area (Å²) in [5.41, 5.74) is 2.57. The second-order valence-electron chi connectivity index (χ2n) is 5.02. The van der Waals surface area contributed by atoms with Crippen molar-refractivity contribution in [3.05, 3.63) is 66.4 Å². The number of aromatic amines is 1. The average molecular weight is 280 g/mol. The smallest absolute Gasteiger partial charge is 0.119 e. The quantitative estimate of drug-likeness (QED) is 0.651. The van der Waals surface area contributed by atoms with Gasteiger partial charge in [0, 0.05) is 23.6 Å². The van der Waals surface area contributed by atoms with Gasteiger partial charge in [0.1, 0.15) is 12.4 Å². The first kappa shape index (κ1) is 13.7. The zero-order valence-corrected chi connectivity index (χ0v) is 12.0. The fraction of sp³-hybridized carbons (Fsp3) is 0.222. The van der Waals surface area contributed by atoms with E-state index in [1.165, 1.54) is 16.5 Å².